The Hall–Kier alpha value is -4.06. The molecule has 1 saturated heterocycles. The molecule has 1 heterocycles. The van der Waals surface area contributed by atoms with Crippen LogP contribution in [0.25, 0.3) is 5.76 Å². The van der Waals surface area contributed by atoms with Gasteiger partial charge in [0.2, 0.25) is 0 Å². The summed E-state index contributed by atoms with van der Waals surface area (Å²) in [6.45, 7) is 8.13. The predicted molar refractivity (Wildman–Crippen MR) is 141 cm³/mol. The summed E-state index contributed by atoms with van der Waals surface area (Å²) in [5, 5.41) is 11.7. The van der Waals surface area contributed by atoms with Crippen LogP contribution in [-0.2, 0) is 15.0 Å². The number of ether oxygens (including phenoxy) is 2. The molecule has 4 rings (SSSR count). The van der Waals surface area contributed by atoms with Crippen LogP contribution in [0, 0.1) is 6.92 Å². The summed E-state index contributed by atoms with van der Waals surface area (Å²) in [6, 6.07) is 19.3. The van der Waals surface area contributed by atoms with E-state index in [1.807, 2.05) is 43.3 Å². The average molecular weight is 486 g/mol. The Morgan fingerprint density at radius 2 is 1.64 bits per heavy atom. The van der Waals surface area contributed by atoms with Gasteiger partial charge in [-0.2, -0.15) is 0 Å². The van der Waals surface area contributed by atoms with Gasteiger partial charge in [-0.1, -0.05) is 62.7 Å². The van der Waals surface area contributed by atoms with Crippen LogP contribution < -0.4 is 14.4 Å². The zero-order valence-electron chi connectivity index (χ0n) is 21.5. The number of amides is 1. The highest BCUT2D eigenvalue weighted by Crippen LogP contribution is 2.44. The van der Waals surface area contributed by atoms with Crippen molar-refractivity contribution in [2.75, 3.05) is 19.1 Å². The zero-order chi connectivity index (χ0) is 26.2. The van der Waals surface area contributed by atoms with Crippen LogP contribution in [0.15, 0.2) is 72.3 Å². The van der Waals surface area contributed by atoms with Crippen LogP contribution in [0.2, 0.25) is 0 Å². The van der Waals surface area contributed by atoms with Crippen molar-refractivity contribution < 1.29 is 24.2 Å². The third-order valence-electron chi connectivity index (χ3n) is 6.45. The number of anilines is 1. The Morgan fingerprint density at radius 1 is 0.917 bits per heavy atom. The number of carbonyl (C=O) groups excluding carboxylic acids is 2. The second-order valence-electron chi connectivity index (χ2n) is 9.95. The molecule has 6 nitrogen and oxygen atoms in total. The summed E-state index contributed by atoms with van der Waals surface area (Å²) in [4.78, 5) is 28.4. The van der Waals surface area contributed by atoms with Gasteiger partial charge in [0.25, 0.3) is 11.7 Å². The molecule has 36 heavy (non-hydrogen) atoms. The topological polar surface area (TPSA) is 76.1 Å². The van der Waals surface area contributed by atoms with Gasteiger partial charge < -0.3 is 14.6 Å². The van der Waals surface area contributed by atoms with Crippen molar-refractivity contribution in [3.8, 4) is 11.5 Å². The van der Waals surface area contributed by atoms with E-state index in [2.05, 4.69) is 20.8 Å². The monoisotopic (exact) mass is 485 g/mol. The first-order valence-electron chi connectivity index (χ1n) is 11.8. The summed E-state index contributed by atoms with van der Waals surface area (Å²) in [5.74, 6) is -0.784. The van der Waals surface area contributed by atoms with Crippen molar-refractivity contribution in [3.05, 3.63) is 94.6 Å². The molecule has 0 radical (unpaired) electrons. The molecule has 0 aliphatic carbocycles. The van der Waals surface area contributed by atoms with E-state index in [1.165, 1.54) is 12.0 Å². The van der Waals surface area contributed by atoms with E-state index in [0.717, 1.165) is 11.1 Å². The molecule has 1 aliphatic heterocycles. The molecule has 1 aliphatic rings. The number of hydrogen-bond acceptors (Lipinski definition) is 5. The van der Waals surface area contributed by atoms with Crippen LogP contribution in [-0.4, -0.2) is 31.0 Å². The number of ketones is 1. The lowest BCUT2D eigenvalue weighted by Crippen LogP contribution is -2.29. The number of aryl methyl sites for hydroxylation is 1. The Morgan fingerprint density at radius 3 is 2.28 bits per heavy atom. The minimum Gasteiger partial charge on any atom is -0.507 e. The third kappa shape index (κ3) is 4.47. The Kier molecular flexibility index (Phi) is 6.63. The van der Waals surface area contributed by atoms with Gasteiger partial charge in [0.1, 0.15) is 17.3 Å². The molecule has 0 saturated carbocycles. The SMILES string of the molecule is COc1cccc(N2C(=O)C(=O)/C(=C(/O)c3cc(C(C)(C)C)ccc3OC)C2c2cccc(C)c2)c1. The largest absolute Gasteiger partial charge is 0.507 e. The van der Waals surface area contributed by atoms with Gasteiger partial charge in [-0.15, -0.1) is 0 Å². The standard InChI is InChI=1S/C30H31NO5/c1-18-9-7-10-19(15-18)26-25(27(32)23-16-20(30(2,3)4)13-14-24(23)36-6)28(33)29(34)31(26)21-11-8-12-22(17-21)35-5/h7-17,26,32H,1-6H3/b27-25+. The molecule has 1 fully saturated rings. The van der Waals surface area contributed by atoms with Crippen molar-refractivity contribution in [2.45, 2.75) is 39.2 Å². The Bertz CT molecular complexity index is 1370. The van der Waals surface area contributed by atoms with E-state index < -0.39 is 17.7 Å². The van der Waals surface area contributed by atoms with Crippen molar-refractivity contribution >= 4 is 23.1 Å². The first-order chi connectivity index (χ1) is 17.1. The summed E-state index contributed by atoms with van der Waals surface area (Å²) >= 11 is 0. The number of benzene rings is 3. The summed E-state index contributed by atoms with van der Waals surface area (Å²) in [6.07, 6.45) is 0. The molecule has 1 atom stereocenters. The molecular formula is C30H31NO5. The minimum atomic E-state index is -0.833. The lowest BCUT2D eigenvalue weighted by molar-refractivity contribution is -0.132. The quantitative estimate of drug-likeness (QED) is 0.275. The molecule has 186 valence electrons. The van der Waals surface area contributed by atoms with Crippen molar-refractivity contribution in [3.63, 3.8) is 0 Å². The van der Waals surface area contributed by atoms with Crippen LogP contribution in [0.4, 0.5) is 5.69 Å². The van der Waals surface area contributed by atoms with Gasteiger partial charge in [0.15, 0.2) is 0 Å². The van der Waals surface area contributed by atoms with Crippen molar-refractivity contribution in [2.24, 2.45) is 0 Å². The molecule has 0 bridgehead atoms. The first kappa shape index (κ1) is 25.0. The van der Waals surface area contributed by atoms with E-state index in [0.29, 0.717) is 28.3 Å². The molecule has 1 unspecified atom stereocenters. The number of methoxy groups -OCH3 is 2. The molecule has 6 heteroatoms. The fourth-order valence-corrected chi connectivity index (χ4v) is 4.52. The van der Waals surface area contributed by atoms with Crippen LogP contribution in [0.1, 0.15) is 49.1 Å². The maximum atomic E-state index is 13.5. The lowest BCUT2D eigenvalue weighted by Gasteiger charge is -2.26. The van der Waals surface area contributed by atoms with Gasteiger partial charge in [-0.3, -0.25) is 14.5 Å². The first-order valence-corrected chi connectivity index (χ1v) is 11.8. The fourth-order valence-electron chi connectivity index (χ4n) is 4.52. The highest BCUT2D eigenvalue weighted by molar-refractivity contribution is 6.51. The molecule has 3 aromatic carbocycles. The van der Waals surface area contributed by atoms with Gasteiger partial charge in [-0.05, 0) is 47.7 Å². The molecular weight excluding hydrogens is 454 g/mol. The minimum absolute atomic E-state index is 0.0118. The number of Topliss-reactive ketones (excluding diaryl/α,β-unsaturated/α-hetero) is 1. The number of nitrogens with zero attached hydrogens (tertiary/aromatic N) is 1. The highest BCUT2D eigenvalue weighted by atomic mass is 16.5. The summed E-state index contributed by atoms with van der Waals surface area (Å²) in [5.41, 5.74) is 3.31. The van der Waals surface area contributed by atoms with E-state index in [1.54, 1.807) is 37.4 Å². The molecule has 1 N–H and O–H groups in total. The maximum Gasteiger partial charge on any atom is 0.300 e. The highest BCUT2D eigenvalue weighted by Gasteiger charge is 2.47. The van der Waals surface area contributed by atoms with E-state index in [-0.39, 0.29) is 16.7 Å². The molecule has 3 aromatic rings. The summed E-state index contributed by atoms with van der Waals surface area (Å²) in [7, 11) is 3.05. The lowest BCUT2D eigenvalue weighted by atomic mass is 9.85. The van der Waals surface area contributed by atoms with Gasteiger partial charge in [0, 0.05) is 11.8 Å². The van der Waals surface area contributed by atoms with E-state index >= 15 is 0 Å². The van der Waals surface area contributed by atoms with Gasteiger partial charge in [-0.25, -0.2) is 0 Å². The second kappa shape index (κ2) is 9.53. The van der Waals surface area contributed by atoms with E-state index in [4.69, 9.17) is 9.47 Å². The Balaban J connectivity index is 2.00. The van der Waals surface area contributed by atoms with Gasteiger partial charge >= 0.3 is 0 Å². The van der Waals surface area contributed by atoms with Crippen LogP contribution in [0.5, 0.6) is 11.5 Å². The number of carbonyl (C=O) groups is 2. The average Bonchev–Trinajstić information content (AvgIpc) is 3.13. The zero-order valence-corrected chi connectivity index (χ0v) is 21.5. The van der Waals surface area contributed by atoms with Gasteiger partial charge in [0.05, 0.1) is 31.4 Å². The Labute approximate surface area is 211 Å². The third-order valence-corrected chi connectivity index (χ3v) is 6.45. The normalized spacial score (nSPS) is 17.4. The molecule has 0 spiro atoms. The number of rotatable bonds is 5. The smallest absolute Gasteiger partial charge is 0.300 e. The second-order valence-corrected chi connectivity index (χ2v) is 9.95. The number of hydrogen-bond donors (Lipinski definition) is 1. The van der Waals surface area contributed by atoms with Crippen LogP contribution >= 0.6 is 0 Å². The van der Waals surface area contributed by atoms with E-state index in [9.17, 15) is 14.7 Å². The molecule has 1 amide bonds. The predicted octanol–water partition coefficient (Wildman–Crippen LogP) is 5.94. The fraction of sp³-hybridized carbons (Fsp3) is 0.267. The maximum absolute atomic E-state index is 13.5. The molecule has 0 aromatic heterocycles. The summed E-state index contributed by atoms with van der Waals surface area (Å²) < 4.78 is 10.9. The van der Waals surface area contributed by atoms with Crippen molar-refractivity contribution in [1.82, 2.24) is 0 Å². The van der Waals surface area contributed by atoms with Crippen LogP contribution in [0.3, 0.4) is 0 Å². The van der Waals surface area contributed by atoms with Crippen molar-refractivity contribution in [1.29, 1.82) is 0 Å². The number of aliphatic hydroxyl groups excluding tert-OH is 1. The number of aliphatic hydroxyl groups is 1.